The number of hydrogen-bond donors (Lipinski definition) is 2. The third-order valence-corrected chi connectivity index (χ3v) is 4.00. The van der Waals surface area contributed by atoms with Crippen molar-refractivity contribution in [1.29, 1.82) is 0 Å². The largest absolute Gasteiger partial charge is 0.467 e. The van der Waals surface area contributed by atoms with Gasteiger partial charge in [-0.25, -0.2) is 4.79 Å². The summed E-state index contributed by atoms with van der Waals surface area (Å²) in [7, 11) is 1.28. The Morgan fingerprint density at radius 3 is 2.37 bits per heavy atom. The van der Waals surface area contributed by atoms with Crippen molar-refractivity contribution < 1.29 is 23.9 Å². The maximum absolute atomic E-state index is 12.6. The Kier molecular flexibility index (Phi) is 9.50. The minimum Gasteiger partial charge on any atom is -0.467 e. The minimum absolute atomic E-state index is 0.0986. The highest BCUT2D eigenvalue weighted by Gasteiger charge is 2.27. The Hall–Kier alpha value is -2.41. The highest BCUT2D eigenvalue weighted by Crippen LogP contribution is 2.17. The molecule has 2 N–H and O–H groups in total. The van der Waals surface area contributed by atoms with Crippen molar-refractivity contribution in [2.45, 2.75) is 45.7 Å². The van der Waals surface area contributed by atoms with Gasteiger partial charge in [-0.2, -0.15) is 0 Å². The summed E-state index contributed by atoms with van der Waals surface area (Å²) in [5, 5.41) is 5.79. The lowest BCUT2D eigenvalue weighted by atomic mass is 9.92. The van der Waals surface area contributed by atoms with Crippen LogP contribution >= 0.6 is 0 Å². The molecular weight excluding hydrogens is 348 g/mol. The number of amides is 1. The number of hydrogen-bond acceptors (Lipinski definition) is 6. The Bertz CT molecular complexity index is 598. The average Bonchev–Trinajstić information content (AvgIpc) is 2.63. The van der Waals surface area contributed by atoms with Crippen molar-refractivity contribution in [1.82, 2.24) is 10.6 Å². The van der Waals surface area contributed by atoms with Crippen LogP contribution in [-0.4, -0.2) is 50.7 Å². The van der Waals surface area contributed by atoms with E-state index in [1.165, 1.54) is 7.11 Å². The SMILES string of the molecule is COC(=O)[C@H](Cc1ccccc1)NC(=O)[C@H](COC=O)NCCC(C)(C)C. The topological polar surface area (TPSA) is 93.7 Å². The fourth-order valence-electron chi connectivity index (χ4n) is 2.44. The number of nitrogens with one attached hydrogen (secondary N) is 2. The highest BCUT2D eigenvalue weighted by atomic mass is 16.5. The molecule has 0 radical (unpaired) electrons. The molecule has 0 aliphatic heterocycles. The van der Waals surface area contributed by atoms with E-state index in [0.29, 0.717) is 19.4 Å². The summed E-state index contributed by atoms with van der Waals surface area (Å²) < 4.78 is 9.58. The molecule has 1 rings (SSSR count). The first kappa shape index (κ1) is 22.6. The number of methoxy groups -OCH3 is 1. The molecule has 150 valence electrons. The van der Waals surface area contributed by atoms with Gasteiger partial charge in [-0.05, 0) is 23.9 Å². The van der Waals surface area contributed by atoms with Gasteiger partial charge in [0.05, 0.1) is 7.11 Å². The molecule has 1 amide bonds. The van der Waals surface area contributed by atoms with E-state index in [1.807, 2.05) is 30.3 Å². The van der Waals surface area contributed by atoms with E-state index in [4.69, 9.17) is 9.47 Å². The highest BCUT2D eigenvalue weighted by molar-refractivity contribution is 5.87. The van der Waals surface area contributed by atoms with Crippen LogP contribution in [0.5, 0.6) is 0 Å². The first-order valence-corrected chi connectivity index (χ1v) is 8.97. The Labute approximate surface area is 160 Å². The van der Waals surface area contributed by atoms with Crippen LogP contribution in [0.25, 0.3) is 0 Å². The second-order valence-corrected chi connectivity index (χ2v) is 7.52. The Morgan fingerprint density at radius 1 is 1.15 bits per heavy atom. The first-order chi connectivity index (χ1) is 12.8. The van der Waals surface area contributed by atoms with E-state index in [0.717, 1.165) is 12.0 Å². The number of esters is 1. The van der Waals surface area contributed by atoms with Crippen molar-refractivity contribution in [3.05, 3.63) is 35.9 Å². The van der Waals surface area contributed by atoms with Crippen molar-refractivity contribution in [2.75, 3.05) is 20.3 Å². The predicted octanol–water partition coefficient (Wildman–Crippen LogP) is 1.45. The molecule has 0 saturated heterocycles. The Morgan fingerprint density at radius 2 is 1.81 bits per heavy atom. The van der Waals surface area contributed by atoms with Gasteiger partial charge >= 0.3 is 5.97 Å². The molecular formula is C20H30N2O5. The van der Waals surface area contributed by atoms with Crippen LogP contribution in [0, 0.1) is 5.41 Å². The summed E-state index contributed by atoms with van der Waals surface area (Å²) in [6.07, 6.45) is 1.14. The second-order valence-electron chi connectivity index (χ2n) is 7.52. The fourth-order valence-corrected chi connectivity index (χ4v) is 2.44. The molecule has 0 fully saturated rings. The number of rotatable bonds is 11. The molecule has 0 unspecified atom stereocenters. The third kappa shape index (κ3) is 9.19. The molecule has 0 spiro atoms. The summed E-state index contributed by atoms with van der Waals surface area (Å²) >= 11 is 0. The summed E-state index contributed by atoms with van der Waals surface area (Å²) in [6, 6.07) is 7.77. The van der Waals surface area contributed by atoms with Gasteiger partial charge in [0.2, 0.25) is 5.91 Å². The lowest BCUT2D eigenvalue weighted by Crippen LogP contribution is -2.53. The lowest BCUT2D eigenvalue weighted by molar-refractivity contribution is -0.145. The van der Waals surface area contributed by atoms with Crippen molar-refractivity contribution >= 4 is 18.3 Å². The van der Waals surface area contributed by atoms with Gasteiger partial charge in [0, 0.05) is 6.42 Å². The molecule has 1 aromatic rings. The maximum atomic E-state index is 12.6. The van der Waals surface area contributed by atoms with Gasteiger partial charge in [0.15, 0.2) is 0 Å². The normalized spacial score (nSPS) is 13.3. The van der Waals surface area contributed by atoms with Crippen molar-refractivity contribution in [3.8, 4) is 0 Å². The zero-order valence-corrected chi connectivity index (χ0v) is 16.5. The fraction of sp³-hybridized carbons (Fsp3) is 0.550. The number of ether oxygens (including phenoxy) is 2. The van der Waals surface area contributed by atoms with Crippen molar-refractivity contribution in [3.63, 3.8) is 0 Å². The molecule has 0 aromatic heterocycles. The van der Waals surface area contributed by atoms with Crippen LogP contribution in [0.2, 0.25) is 0 Å². The van der Waals surface area contributed by atoms with E-state index >= 15 is 0 Å². The summed E-state index contributed by atoms with van der Waals surface area (Å²) in [5.41, 5.74) is 0.996. The molecule has 0 aliphatic rings. The molecule has 0 saturated carbocycles. The number of benzene rings is 1. The van der Waals surface area contributed by atoms with Crippen molar-refractivity contribution in [2.24, 2.45) is 5.41 Å². The van der Waals surface area contributed by atoms with Gasteiger partial charge in [0.25, 0.3) is 6.47 Å². The molecule has 2 atom stereocenters. The second kappa shape index (κ2) is 11.3. The van der Waals surface area contributed by atoms with Gasteiger partial charge < -0.3 is 20.1 Å². The summed E-state index contributed by atoms with van der Waals surface area (Å²) in [5.74, 6) is -0.950. The van der Waals surface area contributed by atoms with Crippen LogP contribution in [0.4, 0.5) is 0 Å². The molecule has 0 bridgehead atoms. The number of carbonyl (C=O) groups excluding carboxylic acids is 3. The van der Waals surface area contributed by atoms with Gasteiger partial charge in [-0.15, -0.1) is 0 Å². The van der Waals surface area contributed by atoms with Crippen LogP contribution in [-0.2, 0) is 30.3 Å². The molecule has 27 heavy (non-hydrogen) atoms. The van der Waals surface area contributed by atoms with Gasteiger partial charge in [0.1, 0.15) is 18.7 Å². The van der Waals surface area contributed by atoms with E-state index in [9.17, 15) is 14.4 Å². The average molecular weight is 378 g/mol. The first-order valence-electron chi connectivity index (χ1n) is 8.97. The predicted molar refractivity (Wildman–Crippen MR) is 102 cm³/mol. The molecule has 7 nitrogen and oxygen atoms in total. The summed E-state index contributed by atoms with van der Waals surface area (Å²) in [4.78, 5) is 35.3. The quantitative estimate of drug-likeness (QED) is 0.447. The van der Waals surface area contributed by atoms with Crippen LogP contribution in [0.1, 0.15) is 32.8 Å². The molecule has 0 aliphatic carbocycles. The van der Waals surface area contributed by atoms with Crippen LogP contribution in [0.3, 0.4) is 0 Å². The zero-order valence-electron chi connectivity index (χ0n) is 16.5. The van der Waals surface area contributed by atoms with Gasteiger partial charge in [-0.3, -0.25) is 9.59 Å². The molecule has 0 heterocycles. The lowest BCUT2D eigenvalue weighted by Gasteiger charge is -2.24. The van der Waals surface area contributed by atoms with Crippen LogP contribution in [0.15, 0.2) is 30.3 Å². The number of carbonyl (C=O) groups is 3. The maximum Gasteiger partial charge on any atom is 0.328 e. The molecule has 1 aromatic carbocycles. The smallest absolute Gasteiger partial charge is 0.328 e. The third-order valence-electron chi connectivity index (χ3n) is 4.00. The monoisotopic (exact) mass is 378 g/mol. The van der Waals surface area contributed by atoms with Gasteiger partial charge in [-0.1, -0.05) is 51.1 Å². The van der Waals surface area contributed by atoms with E-state index in [-0.39, 0.29) is 12.0 Å². The van der Waals surface area contributed by atoms with E-state index in [1.54, 1.807) is 0 Å². The van der Waals surface area contributed by atoms with E-state index in [2.05, 4.69) is 31.4 Å². The standard InChI is InChI=1S/C20H30N2O5/c1-20(2,3)10-11-21-17(13-27-14-23)18(24)22-16(19(25)26-4)12-15-8-6-5-7-9-15/h5-9,14,16-17,21H,10-13H2,1-4H3,(H,22,24)/t16-,17-/m0/s1. The van der Waals surface area contributed by atoms with E-state index < -0.39 is 24.0 Å². The zero-order chi connectivity index (χ0) is 20.3. The molecule has 7 heteroatoms. The Balaban J connectivity index is 2.76. The minimum atomic E-state index is -0.826. The van der Waals surface area contributed by atoms with Crippen LogP contribution < -0.4 is 10.6 Å². The summed E-state index contributed by atoms with van der Waals surface area (Å²) in [6.45, 7) is 7.05.